The number of aromatic nitrogens is 4. The minimum atomic E-state index is -0.576. The predicted molar refractivity (Wildman–Crippen MR) is 286 cm³/mol. The van der Waals surface area contributed by atoms with Crippen molar-refractivity contribution in [2.75, 3.05) is 0 Å². The molecule has 3 aromatic heterocycles. The average molecular weight is 1110 g/mol. The predicted octanol–water partition coefficient (Wildman–Crippen LogP) is 15.9. The fourth-order valence-corrected chi connectivity index (χ4v) is 10.1. The molecule has 0 radical (unpaired) electrons. The Hall–Kier alpha value is -8.89. The Morgan fingerprint density at radius 1 is 0.458 bits per heavy atom. The number of para-hydroxylation sites is 4. The molecule has 72 heavy (non-hydrogen) atoms. The number of hydrogen-bond donors (Lipinski definition) is 0. The van der Waals surface area contributed by atoms with Gasteiger partial charge in [-0.3, -0.25) is 4.57 Å². The fraction of sp³-hybridized carbons (Fsp3) is 0. The molecule has 1 aliphatic rings. The number of fused-ring (bicyclic) bond motifs is 12. The van der Waals surface area contributed by atoms with Crippen LogP contribution in [0.1, 0.15) is 13.7 Å². The van der Waals surface area contributed by atoms with Gasteiger partial charge >= 0.3 is 0 Å². The summed E-state index contributed by atoms with van der Waals surface area (Å²) >= 11 is 0. The van der Waals surface area contributed by atoms with E-state index in [9.17, 15) is 0 Å². The van der Waals surface area contributed by atoms with E-state index in [1.54, 1.807) is 33.4 Å². The molecule has 0 fully saturated rings. The Morgan fingerprint density at radius 3 is 1.64 bits per heavy atom. The zero-order chi connectivity index (χ0) is 55.5. The molecule has 3 heterocycles. The second-order valence-electron chi connectivity index (χ2n) is 17.1. The van der Waals surface area contributed by atoms with Crippen LogP contribution in [0.15, 0.2) is 243 Å². The summed E-state index contributed by atoms with van der Waals surface area (Å²) in [5, 5.41) is 1.97. The number of nitrogens with zero attached hydrogens (tertiary/aromatic N) is 4. The van der Waals surface area contributed by atoms with Crippen LogP contribution in [0.5, 0.6) is 11.5 Å². The number of rotatable bonds is 7. The molecule has 6 heteroatoms. The molecule has 10 aromatic carbocycles. The van der Waals surface area contributed by atoms with Gasteiger partial charge in [-0.25, -0.2) is 4.98 Å². The van der Waals surface area contributed by atoms with Gasteiger partial charge in [0.25, 0.3) is 6.33 Å². The summed E-state index contributed by atoms with van der Waals surface area (Å²) in [5.74, 6) is 1.46. The third kappa shape index (κ3) is 7.12. The van der Waals surface area contributed by atoms with Crippen LogP contribution in [0.2, 0.25) is 0 Å². The van der Waals surface area contributed by atoms with Crippen LogP contribution in [0, 0.1) is 18.5 Å². The zero-order valence-corrected chi connectivity index (χ0v) is 40.1. The van der Waals surface area contributed by atoms with E-state index < -0.39 is 60.4 Å². The van der Waals surface area contributed by atoms with Crippen LogP contribution < -0.4 is 9.30 Å². The van der Waals surface area contributed by atoms with Crippen molar-refractivity contribution in [3.05, 3.63) is 261 Å². The van der Waals surface area contributed by atoms with E-state index in [-0.39, 0.29) is 49.0 Å². The molecule has 0 bridgehead atoms. The topological polar surface area (TPSA) is 35.9 Å². The maximum absolute atomic E-state index is 9.07. The monoisotopic (exact) mass is 1110 g/mol. The molecule has 0 spiro atoms. The van der Waals surface area contributed by atoms with Crippen molar-refractivity contribution in [3.63, 3.8) is 0 Å². The maximum atomic E-state index is 9.07. The Balaban J connectivity index is 0.00000631. The molecule has 0 atom stereocenters. The average Bonchev–Trinajstić information content (AvgIpc) is 4.20. The molecule has 13 aromatic rings. The van der Waals surface area contributed by atoms with E-state index >= 15 is 0 Å². The van der Waals surface area contributed by atoms with Crippen LogP contribution in [0.4, 0.5) is 0 Å². The van der Waals surface area contributed by atoms with Gasteiger partial charge in [0.05, 0.1) is 30.4 Å². The SMILES string of the molecule is [2H]c1c([2H])c([2H])c(-c2cccc(-c3c([2H])c([2H])c([2H])c([2H])c3[2H])c2-[n+]2[c-]n(-c3[c-]c(Oc4[c-]c5c(cc4)c4ccccc4n5-c4cc5c(cn4)-c4ccccc4-c4ccccc4-c4ccccc4-5)ccc3)c3ccccc32)c([2H])c1[2H].[Pt]. The fourth-order valence-electron chi connectivity index (χ4n) is 10.1. The number of ether oxygens (including phenoxy) is 1. The van der Waals surface area contributed by atoms with E-state index in [0.717, 1.165) is 66.3 Å². The van der Waals surface area contributed by atoms with Crippen LogP contribution >= 0.6 is 0 Å². The zero-order valence-electron chi connectivity index (χ0n) is 47.8. The van der Waals surface area contributed by atoms with Crippen LogP contribution in [0.25, 0.3) is 117 Å². The van der Waals surface area contributed by atoms with Gasteiger partial charge in [-0.15, -0.1) is 29.7 Å². The van der Waals surface area contributed by atoms with E-state index in [4.69, 9.17) is 23.4 Å². The summed E-state index contributed by atoms with van der Waals surface area (Å²) in [5.41, 5.74) is 12.3. The maximum Gasteiger partial charge on any atom is 0.268 e. The largest absolute Gasteiger partial charge is 0.510 e. The normalized spacial score (nSPS) is 13.4. The first kappa shape index (κ1) is 33.6. The Morgan fingerprint density at radius 2 is 0.986 bits per heavy atom. The summed E-state index contributed by atoms with van der Waals surface area (Å²) in [7, 11) is 0. The van der Waals surface area contributed by atoms with Gasteiger partial charge in [-0.1, -0.05) is 199 Å². The first-order valence-corrected chi connectivity index (χ1v) is 23.1. The van der Waals surface area contributed by atoms with Crippen molar-refractivity contribution in [2.24, 2.45) is 0 Å². The standard InChI is InChI=1S/C66H40N4O.Pt/c1-3-19-44(20-4-1)49-32-18-33-50(45-21-5-2-6-22-45)66(49)69-43-68(62-35-15-16-36-63(62)69)46-23-17-24-47(39-46)71-48-37-38-58-57-31-13-14-34-61(57)70(64(58)40-48)65-41-59-55-29-11-9-27-53(55)51-25-7-8-26-52(51)54-28-10-12-30-56(54)60(59)42-67-65;/h1-38,41-42H;/q-2;/i1D,2D,3D,4D,5D,6D,19D,20D,21D,22D;. The van der Waals surface area contributed by atoms with Gasteiger partial charge in [-0.05, 0) is 84.4 Å². The molecular weight excluding hydrogens is 1060 g/mol. The van der Waals surface area contributed by atoms with Gasteiger partial charge in [0.1, 0.15) is 5.82 Å². The number of hydrogen-bond acceptors (Lipinski definition) is 2. The first-order valence-electron chi connectivity index (χ1n) is 28.1. The minimum absolute atomic E-state index is 0. The van der Waals surface area contributed by atoms with Crippen molar-refractivity contribution in [3.8, 4) is 95.5 Å². The second kappa shape index (κ2) is 17.8. The number of imidazole rings is 1. The molecule has 1 aliphatic carbocycles. The van der Waals surface area contributed by atoms with E-state index in [1.807, 2.05) is 66.9 Å². The third-order valence-electron chi connectivity index (χ3n) is 13.2. The molecule has 0 N–H and O–H groups in total. The Labute approximate surface area is 445 Å². The van der Waals surface area contributed by atoms with E-state index in [0.29, 0.717) is 34.0 Å². The molecule has 0 aliphatic heterocycles. The van der Waals surface area contributed by atoms with Crippen molar-refractivity contribution >= 4 is 32.8 Å². The van der Waals surface area contributed by atoms with Gasteiger partial charge in [0.2, 0.25) is 0 Å². The summed E-state index contributed by atoms with van der Waals surface area (Å²) in [4.78, 5) is 5.23. The summed E-state index contributed by atoms with van der Waals surface area (Å²) in [6.07, 6.45) is 5.40. The van der Waals surface area contributed by atoms with Crippen LogP contribution in [-0.4, -0.2) is 14.1 Å². The molecule has 5 nitrogen and oxygen atoms in total. The molecule has 0 saturated heterocycles. The quantitative estimate of drug-likeness (QED) is 0.118. The van der Waals surface area contributed by atoms with Crippen molar-refractivity contribution < 1.29 is 44.1 Å². The summed E-state index contributed by atoms with van der Waals surface area (Å²) in [6, 6.07) is 59.0. The third-order valence-corrected chi connectivity index (χ3v) is 13.2. The second-order valence-corrected chi connectivity index (χ2v) is 17.1. The van der Waals surface area contributed by atoms with Crippen molar-refractivity contribution in [1.82, 2.24) is 14.1 Å². The van der Waals surface area contributed by atoms with Gasteiger partial charge in [0.15, 0.2) is 0 Å². The Bertz CT molecular complexity index is 4690. The summed E-state index contributed by atoms with van der Waals surface area (Å²) < 4.78 is 99.6. The Kier molecular flexibility index (Phi) is 8.31. The molecule has 14 rings (SSSR count). The van der Waals surface area contributed by atoms with Gasteiger partial charge < -0.3 is 13.9 Å². The molecule has 0 amide bonds. The smallest absolute Gasteiger partial charge is 0.268 e. The van der Waals surface area contributed by atoms with Crippen molar-refractivity contribution in [2.45, 2.75) is 0 Å². The first-order chi connectivity index (χ1) is 39.4. The summed E-state index contributed by atoms with van der Waals surface area (Å²) in [6.45, 7) is 0. The van der Waals surface area contributed by atoms with E-state index in [2.05, 4.69) is 114 Å². The number of pyridine rings is 1. The van der Waals surface area contributed by atoms with Crippen molar-refractivity contribution in [1.29, 1.82) is 0 Å². The minimum Gasteiger partial charge on any atom is -0.510 e. The van der Waals surface area contributed by atoms with Crippen LogP contribution in [-0.2, 0) is 21.1 Å². The molecule has 0 unspecified atom stereocenters. The van der Waals surface area contributed by atoms with Gasteiger partial charge in [-0.2, -0.15) is 18.2 Å². The number of benzene rings is 10. The molecular formula is C66H40N4OPt-2. The van der Waals surface area contributed by atoms with Crippen LogP contribution in [0.3, 0.4) is 0 Å². The molecule has 342 valence electrons. The molecule has 0 saturated carbocycles. The van der Waals surface area contributed by atoms with Gasteiger partial charge in [0, 0.05) is 49.8 Å². The van der Waals surface area contributed by atoms with E-state index in [1.165, 1.54) is 0 Å².